The van der Waals surface area contributed by atoms with Crippen LogP contribution in [0.25, 0.3) is 17.1 Å². The number of rotatable bonds is 5. The molecular weight excluding hydrogens is 344 g/mol. The monoisotopic (exact) mass is 366 g/mol. The summed E-state index contributed by atoms with van der Waals surface area (Å²) in [4.78, 5) is 24.4. The highest BCUT2D eigenvalue weighted by molar-refractivity contribution is 5.91. The number of aromatic nitrogens is 2. The lowest BCUT2D eigenvalue weighted by molar-refractivity contribution is -0.127. The van der Waals surface area contributed by atoms with E-state index >= 15 is 0 Å². The SMILES string of the molecule is COc1ccc2nc(CN3CCN(C(=O)/C=C/c4ccco4)CC3)[nH]c2c1. The summed E-state index contributed by atoms with van der Waals surface area (Å²) in [7, 11) is 1.66. The van der Waals surface area contributed by atoms with E-state index in [9.17, 15) is 4.79 Å². The van der Waals surface area contributed by atoms with Crippen LogP contribution in [0.2, 0.25) is 0 Å². The fraction of sp³-hybridized carbons (Fsp3) is 0.300. The lowest BCUT2D eigenvalue weighted by Crippen LogP contribution is -2.47. The van der Waals surface area contributed by atoms with Crippen molar-refractivity contribution >= 4 is 23.0 Å². The van der Waals surface area contributed by atoms with E-state index < -0.39 is 0 Å². The first-order chi connectivity index (χ1) is 13.2. The van der Waals surface area contributed by atoms with Crippen LogP contribution in [0.1, 0.15) is 11.6 Å². The lowest BCUT2D eigenvalue weighted by Gasteiger charge is -2.33. The van der Waals surface area contributed by atoms with Crippen molar-refractivity contribution < 1.29 is 13.9 Å². The molecule has 1 aliphatic rings. The molecule has 1 aromatic carbocycles. The summed E-state index contributed by atoms with van der Waals surface area (Å²) in [5, 5.41) is 0. The first-order valence-corrected chi connectivity index (χ1v) is 8.97. The Morgan fingerprint density at radius 3 is 2.89 bits per heavy atom. The molecule has 1 amide bonds. The van der Waals surface area contributed by atoms with Crippen LogP contribution in [0.3, 0.4) is 0 Å². The van der Waals surface area contributed by atoms with Crippen molar-refractivity contribution in [3.05, 3.63) is 54.3 Å². The molecule has 0 bridgehead atoms. The Balaban J connectivity index is 1.32. The normalized spacial score (nSPS) is 15.7. The Morgan fingerprint density at radius 1 is 1.30 bits per heavy atom. The number of benzene rings is 1. The fourth-order valence-corrected chi connectivity index (χ4v) is 3.23. The Hall–Kier alpha value is -3.06. The highest BCUT2D eigenvalue weighted by Gasteiger charge is 2.20. The van der Waals surface area contributed by atoms with Gasteiger partial charge in [-0.3, -0.25) is 9.69 Å². The van der Waals surface area contributed by atoms with Crippen LogP contribution in [0.5, 0.6) is 5.75 Å². The fourth-order valence-electron chi connectivity index (χ4n) is 3.23. The van der Waals surface area contributed by atoms with Gasteiger partial charge in [-0.2, -0.15) is 0 Å². The van der Waals surface area contributed by atoms with Crippen LogP contribution in [-0.2, 0) is 11.3 Å². The molecule has 2 aromatic heterocycles. The van der Waals surface area contributed by atoms with Crippen LogP contribution in [-0.4, -0.2) is 59.0 Å². The molecule has 0 aliphatic carbocycles. The number of ether oxygens (including phenoxy) is 1. The number of nitrogens with zero attached hydrogens (tertiary/aromatic N) is 3. The Morgan fingerprint density at radius 2 is 2.15 bits per heavy atom. The van der Waals surface area contributed by atoms with Crippen LogP contribution in [0, 0.1) is 0 Å². The topological polar surface area (TPSA) is 74.6 Å². The molecule has 3 aromatic rings. The van der Waals surface area contributed by atoms with Crippen LogP contribution in [0.15, 0.2) is 47.1 Å². The van der Waals surface area contributed by atoms with Gasteiger partial charge in [-0.15, -0.1) is 0 Å². The van der Waals surface area contributed by atoms with Crippen molar-refractivity contribution in [1.82, 2.24) is 19.8 Å². The van der Waals surface area contributed by atoms with E-state index in [1.54, 1.807) is 31.6 Å². The third-order valence-electron chi connectivity index (χ3n) is 4.73. The van der Waals surface area contributed by atoms with Crippen molar-refractivity contribution in [3.63, 3.8) is 0 Å². The molecule has 0 saturated carbocycles. The molecule has 0 radical (unpaired) electrons. The van der Waals surface area contributed by atoms with Crippen molar-refractivity contribution in [2.75, 3.05) is 33.3 Å². The van der Waals surface area contributed by atoms with Crippen LogP contribution in [0.4, 0.5) is 0 Å². The quantitative estimate of drug-likeness (QED) is 0.703. The minimum atomic E-state index is 0.0156. The number of amides is 1. The standard InChI is InChI=1S/C20H22N4O3/c1-26-16-4-6-17-18(13-16)22-19(21-17)14-23-8-10-24(11-9-23)20(25)7-5-15-3-2-12-27-15/h2-7,12-13H,8-11,14H2,1H3,(H,21,22)/b7-5+. The maximum absolute atomic E-state index is 12.3. The summed E-state index contributed by atoms with van der Waals surface area (Å²) in [6.45, 7) is 3.79. The zero-order valence-electron chi connectivity index (χ0n) is 15.2. The number of carbonyl (C=O) groups is 1. The van der Waals surface area contributed by atoms with Gasteiger partial charge in [0.25, 0.3) is 0 Å². The smallest absolute Gasteiger partial charge is 0.246 e. The van der Waals surface area contributed by atoms with Crippen LogP contribution < -0.4 is 4.74 Å². The molecule has 3 heterocycles. The number of H-pyrrole nitrogens is 1. The predicted molar refractivity (Wildman–Crippen MR) is 102 cm³/mol. The maximum atomic E-state index is 12.3. The van der Waals surface area contributed by atoms with E-state index in [-0.39, 0.29) is 5.91 Å². The third-order valence-corrected chi connectivity index (χ3v) is 4.73. The number of piperazine rings is 1. The van der Waals surface area contributed by atoms with E-state index in [2.05, 4.69) is 14.9 Å². The number of methoxy groups -OCH3 is 1. The van der Waals surface area contributed by atoms with Gasteiger partial charge in [0.1, 0.15) is 17.3 Å². The number of fused-ring (bicyclic) bond motifs is 1. The summed E-state index contributed by atoms with van der Waals surface area (Å²) in [5.41, 5.74) is 1.91. The lowest BCUT2D eigenvalue weighted by atomic mass is 10.3. The number of aromatic amines is 1. The summed E-state index contributed by atoms with van der Waals surface area (Å²) < 4.78 is 10.5. The Labute approximate surface area is 157 Å². The predicted octanol–water partition coefficient (Wildman–Crippen LogP) is 2.52. The molecule has 140 valence electrons. The molecule has 7 heteroatoms. The summed E-state index contributed by atoms with van der Waals surface area (Å²) >= 11 is 0. The average Bonchev–Trinajstić information content (AvgIpc) is 3.35. The van der Waals surface area contributed by atoms with Gasteiger partial charge >= 0.3 is 0 Å². The minimum absolute atomic E-state index is 0.0156. The molecular formula is C20H22N4O3. The molecule has 0 atom stereocenters. The second-order valence-corrected chi connectivity index (χ2v) is 6.52. The van der Waals surface area contributed by atoms with Gasteiger partial charge < -0.3 is 19.0 Å². The van der Waals surface area contributed by atoms with Crippen molar-refractivity contribution in [3.8, 4) is 5.75 Å². The van der Waals surface area contributed by atoms with Gasteiger partial charge in [0.05, 0.1) is 31.0 Å². The summed E-state index contributed by atoms with van der Waals surface area (Å²) in [6.07, 6.45) is 4.87. The van der Waals surface area contributed by atoms with E-state index in [1.165, 1.54) is 0 Å². The second-order valence-electron chi connectivity index (χ2n) is 6.52. The molecule has 4 rings (SSSR count). The molecule has 1 fully saturated rings. The van der Waals surface area contributed by atoms with E-state index in [0.29, 0.717) is 18.8 Å². The number of hydrogen-bond donors (Lipinski definition) is 1. The Bertz CT molecular complexity index is 937. The van der Waals surface area contributed by atoms with E-state index in [1.807, 2.05) is 29.2 Å². The van der Waals surface area contributed by atoms with E-state index in [0.717, 1.165) is 42.2 Å². The first-order valence-electron chi connectivity index (χ1n) is 8.97. The van der Waals surface area contributed by atoms with Gasteiger partial charge in [0, 0.05) is 38.3 Å². The van der Waals surface area contributed by atoms with Gasteiger partial charge in [0.15, 0.2) is 0 Å². The zero-order chi connectivity index (χ0) is 18.6. The van der Waals surface area contributed by atoms with Gasteiger partial charge in [-0.25, -0.2) is 4.98 Å². The molecule has 0 unspecified atom stereocenters. The second kappa shape index (κ2) is 7.67. The number of imidazole rings is 1. The third kappa shape index (κ3) is 4.03. The summed E-state index contributed by atoms with van der Waals surface area (Å²) in [6, 6.07) is 9.44. The van der Waals surface area contributed by atoms with Gasteiger partial charge in [-0.05, 0) is 30.3 Å². The van der Waals surface area contributed by atoms with Crippen molar-refractivity contribution in [2.45, 2.75) is 6.54 Å². The first kappa shape index (κ1) is 17.4. The zero-order valence-corrected chi connectivity index (χ0v) is 15.2. The number of nitrogens with one attached hydrogen (secondary N) is 1. The molecule has 1 aliphatic heterocycles. The molecule has 0 spiro atoms. The Kier molecular flexibility index (Phi) is 4.93. The average molecular weight is 366 g/mol. The molecule has 1 saturated heterocycles. The molecule has 1 N–H and O–H groups in total. The van der Waals surface area contributed by atoms with Crippen LogP contribution >= 0.6 is 0 Å². The van der Waals surface area contributed by atoms with Gasteiger partial charge in [0.2, 0.25) is 5.91 Å². The molecule has 7 nitrogen and oxygen atoms in total. The largest absolute Gasteiger partial charge is 0.497 e. The highest BCUT2D eigenvalue weighted by Crippen LogP contribution is 2.19. The van der Waals surface area contributed by atoms with Crippen molar-refractivity contribution in [1.29, 1.82) is 0 Å². The maximum Gasteiger partial charge on any atom is 0.246 e. The van der Waals surface area contributed by atoms with Crippen molar-refractivity contribution in [2.24, 2.45) is 0 Å². The number of hydrogen-bond acceptors (Lipinski definition) is 5. The molecule has 27 heavy (non-hydrogen) atoms. The van der Waals surface area contributed by atoms with Gasteiger partial charge in [-0.1, -0.05) is 0 Å². The minimum Gasteiger partial charge on any atom is -0.497 e. The highest BCUT2D eigenvalue weighted by atomic mass is 16.5. The van der Waals surface area contributed by atoms with E-state index in [4.69, 9.17) is 9.15 Å². The number of carbonyl (C=O) groups excluding carboxylic acids is 1. The number of furan rings is 1. The summed E-state index contributed by atoms with van der Waals surface area (Å²) in [5.74, 6) is 2.44.